The minimum absolute atomic E-state index is 0.0309. The van der Waals surface area contributed by atoms with Crippen molar-refractivity contribution in [3.8, 4) is 0 Å². The Morgan fingerprint density at radius 2 is 1.88 bits per heavy atom. The highest BCUT2D eigenvalue weighted by molar-refractivity contribution is 5.97. The average Bonchev–Trinajstić information content (AvgIpc) is 2.33. The minimum atomic E-state index is -0.664. The number of rotatable bonds is 5. The van der Waals surface area contributed by atoms with Crippen molar-refractivity contribution in [1.82, 2.24) is 10.2 Å². The molecule has 1 fully saturated rings. The molecule has 0 bridgehead atoms. The monoisotopic (exact) mass is 240 g/mol. The van der Waals surface area contributed by atoms with Gasteiger partial charge < -0.3 is 10.2 Å². The van der Waals surface area contributed by atoms with E-state index in [9.17, 15) is 9.59 Å². The van der Waals surface area contributed by atoms with Gasteiger partial charge in [-0.25, -0.2) is 0 Å². The zero-order valence-corrected chi connectivity index (χ0v) is 11.4. The first-order valence-electron chi connectivity index (χ1n) is 6.59. The molecule has 1 rings (SSSR count). The SMILES string of the molecule is CCC(C)CN1CC(=O)NC(CC)(CC)C1=O. The van der Waals surface area contributed by atoms with Crippen LogP contribution in [0.1, 0.15) is 47.0 Å². The van der Waals surface area contributed by atoms with Gasteiger partial charge >= 0.3 is 0 Å². The third-order valence-corrected chi connectivity index (χ3v) is 3.85. The highest BCUT2D eigenvalue weighted by Gasteiger charge is 2.43. The van der Waals surface area contributed by atoms with E-state index in [-0.39, 0.29) is 18.4 Å². The molecule has 1 N–H and O–H groups in total. The summed E-state index contributed by atoms with van der Waals surface area (Å²) in [4.78, 5) is 25.9. The number of nitrogens with one attached hydrogen (secondary N) is 1. The van der Waals surface area contributed by atoms with Crippen molar-refractivity contribution < 1.29 is 9.59 Å². The van der Waals surface area contributed by atoms with Crippen LogP contribution in [0.5, 0.6) is 0 Å². The summed E-state index contributed by atoms with van der Waals surface area (Å²) >= 11 is 0. The maximum atomic E-state index is 12.4. The number of carbonyl (C=O) groups is 2. The van der Waals surface area contributed by atoms with Gasteiger partial charge in [0.15, 0.2) is 0 Å². The molecule has 0 radical (unpaired) electrons. The van der Waals surface area contributed by atoms with Crippen molar-refractivity contribution in [3.05, 3.63) is 0 Å². The zero-order chi connectivity index (χ0) is 13.1. The predicted octanol–water partition coefficient (Wildman–Crippen LogP) is 1.55. The molecule has 1 aliphatic rings. The predicted molar refractivity (Wildman–Crippen MR) is 67.5 cm³/mol. The van der Waals surface area contributed by atoms with Gasteiger partial charge in [-0.2, -0.15) is 0 Å². The number of amides is 2. The lowest BCUT2D eigenvalue weighted by molar-refractivity contribution is -0.151. The van der Waals surface area contributed by atoms with Gasteiger partial charge in [-0.15, -0.1) is 0 Å². The fraction of sp³-hybridized carbons (Fsp3) is 0.846. The molecule has 1 atom stereocenters. The molecule has 0 saturated carbocycles. The highest BCUT2D eigenvalue weighted by atomic mass is 16.2. The third-order valence-electron chi connectivity index (χ3n) is 3.85. The van der Waals surface area contributed by atoms with Crippen LogP contribution in [-0.4, -0.2) is 35.3 Å². The Kier molecular flexibility index (Phi) is 4.54. The summed E-state index contributed by atoms with van der Waals surface area (Å²) in [6, 6.07) is 0. The van der Waals surface area contributed by atoms with Crippen LogP contribution in [0.3, 0.4) is 0 Å². The fourth-order valence-electron chi connectivity index (χ4n) is 2.29. The smallest absolute Gasteiger partial charge is 0.248 e. The van der Waals surface area contributed by atoms with E-state index in [0.29, 0.717) is 25.3 Å². The molecule has 1 saturated heterocycles. The van der Waals surface area contributed by atoms with Crippen LogP contribution in [-0.2, 0) is 9.59 Å². The van der Waals surface area contributed by atoms with Crippen LogP contribution < -0.4 is 5.32 Å². The quantitative estimate of drug-likeness (QED) is 0.792. The molecule has 0 aromatic heterocycles. The summed E-state index contributed by atoms with van der Waals surface area (Å²) in [5, 5.41) is 2.87. The fourth-order valence-corrected chi connectivity index (χ4v) is 2.29. The third kappa shape index (κ3) is 2.79. The van der Waals surface area contributed by atoms with Gasteiger partial charge in [0.05, 0.1) is 6.54 Å². The maximum Gasteiger partial charge on any atom is 0.248 e. The first kappa shape index (κ1) is 14.0. The average molecular weight is 240 g/mol. The van der Waals surface area contributed by atoms with Crippen molar-refractivity contribution in [3.63, 3.8) is 0 Å². The van der Waals surface area contributed by atoms with Gasteiger partial charge in [-0.05, 0) is 18.8 Å². The summed E-state index contributed by atoms with van der Waals surface area (Å²) in [5.74, 6) is 0.496. The summed E-state index contributed by atoms with van der Waals surface area (Å²) in [6.07, 6.45) is 2.34. The maximum absolute atomic E-state index is 12.4. The van der Waals surface area contributed by atoms with E-state index in [2.05, 4.69) is 19.2 Å². The topological polar surface area (TPSA) is 49.4 Å². The van der Waals surface area contributed by atoms with Gasteiger partial charge in [0.2, 0.25) is 11.8 Å². The Morgan fingerprint density at radius 1 is 1.29 bits per heavy atom. The van der Waals surface area contributed by atoms with Gasteiger partial charge in [0, 0.05) is 6.54 Å². The Balaban J connectivity index is 2.85. The molecule has 17 heavy (non-hydrogen) atoms. The van der Waals surface area contributed by atoms with Crippen LogP contribution in [0.4, 0.5) is 0 Å². The summed E-state index contributed by atoms with van der Waals surface area (Å²) in [7, 11) is 0. The molecule has 1 unspecified atom stereocenters. The standard InChI is InChI=1S/C13H24N2O2/c1-5-10(4)8-15-9-11(16)14-13(6-2,7-3)12(15)17/h10H,5-9H2,1-4H3,(H,14,16). The van der Waals surface area contributed by atoms with Crippen LogP contribution in [0.15, 0.2) is 0 Å². The molecular weight excluding hydrogens is 216 g/mol. The Labute approximate surface area is 104 Å². The molecule has 98 valence electrons. The van der Waals surface area contributed by atoms with E-state index >= 15 is 0 Å². The van der Waals surface area contributed by atoms with Gasteiger partial charge in [-0.1, -0.05) is 34.1 Å². The molecule has 0 aromatic carbocycles. The molecule has 1 aliphatic heterocycles. The molecule has 2 amide bonds. The van der Waals surface area contributed by atoms with Crippen molar-refractivity contribution in [2.24, 2.45) is 5.92 Å². The molecule has 0 aliphatic carbocycles. The number of piperazine rings is 1. The molecular formula is C13H24N2O2. The van der Waals surface area contributed by atoms with Crippen molar-refractivity contribution >= 4 is 11.8 Å². The van der Waals surface area contributed by atoms with E-state index in [0.717, 1.165) is 6.42 Å². The van der Waals surface area contributed by atoms with Gasteiger partial charge in [0.1, 0.15) is 5.54 Å². The molecule has 1 heterocycles. The summed E-state index contributed by atoms with van der Waals surface area (Å²) in [6.45, 7) is 9.02. The van der Waals surface area contributed by atoms with Crippen molar-refractivity contribution in [1.29, 1.82) is 0 Å². The van der Waals surface area contributed by atoms with Crippen molar-refractivity contribution in [2.45, 2.75) is 52.5 Å². The van der Waals surface area contributed by atoms with E-state index in [4.69, 9.17) is 0 Å². The zero-order valence-electron chi connectivity index (χ0n) is 11.4. The van der Waals surface area contributed by atoms with Crippen LogP contribution in [0.2, 0.25) is 0 Å². The van der Waals surface area contributed by atoms with Crippen molar-refractivity contribution in [2.75, 3.05) is 13.1 Å². The second-order valence-electron chi connectivity index (χ2n) is 5.04. The van der Waals surface area contributed by atoms with E-state index in [1.807, 2.05) is 13.8 Å². The normalized spacial score (nSPS) is 21.3. The second kappa shape index (κ2) is 5.52. The van der Waals surface area contributed by atoms with E-state index in [1.54, 1.807) is 4.90 Å². The van der Waals surface area contributed by atoms with E-state index < -0.39 is 5.54 Å². The first-order valence-corrected chi connectivity index (χ1v) is 6.59. The largest absolute Gasteiger partial charge is 0.340 e. The highest BCUT2D eigenvalue weighted by Crippen LogP contribution is 2.23. The Hall–Kier alpha value is -1.06. The minimum Gasteiger partial charge on any atom is -0.340 e. The number of nitrogens with zero attached hydrogens (tertiary/aromatic N) is 1. The number of hydrogen-bond acceptors (Lipinski definition) is 2. The summed E-state index contributed by atoms with van der Waals surface area (Å²) < 4.78 is 0. The van der Waals surface area contributed by atoms with E-state index in [1.165, 1.54) is 0 Å². The molecule has 4 heteroatoms. The van der Waals surface area contributed by atoms with Gasteiger partial charge in [-0.3, -0.25) is 9.59 Å². The number of carbonyl (C=O) groups excluding carboxylic acids is 2. The lowest BCUT2D eigenvalue weighted by Crippen LogP contribution is -2.66. The lowest BCUT2D eigenvalue weighted by Gasteiger charge is -2.41. The van der Waals surface area contributed by atoms with Crippen LogP contribution in [0, 0.1) is 5.92 Å². The molecule has 0 spiro atoms. The van der Waals surface area contributed by atoms with Crippen LogP contribution >= 0.6 is 0 Å². The Bertz CT molecular complexity index is 298. The molecule has 0 aromatic rings. The Morgan fingerprint density at radius 3 is 2.35 bits per heavy atom. The second-order valence-corrected chi connectivity index (χ2v) is 5.04. The number of hydrogen-bond donors (Lipinski definition) is 1. The lowest BCUT2D eigenvalue weighted by atomic mass is 9.88. The summed E-state index contributed by atoms with van der Waals surface area (Å²) in [5.41, 5.74) is -0.664. The van der Waals surface area contributed by atoms with Crippen LogP contribution in [0.25, 0.3) is 0 Å². The first-order chi connectivity index (χ1) is 7.99. The van der Waals surface area contributed by atoms with Gasteiger partial charge in [0.25, 0.3) is 0 Å². The molecule has 4 nitrogen and oxygen atoms in total.